The highest BCUT2D eigenvalue weighted by Gasteiger charge is 2.12. The highest BCUT2D eigenvalue weighted by molar-refractivity contribution is 6.34. The van der Waals surface area contributed by atoms with Crippen molar-refractivity contribution < 1.29 is 9.21 Å². The Balaban J connectivity index is 2.11. The summed E-state index contributed by atoms with van der Waals surface area (Å²) in [4.78, 5) is 15.5. The Morgan fingerprint density at radius 3 is 2.68 bits per heavy atom. The van der Waals surface area contributed by atoms with Crippen LogP contribution in [0.3, 0.4) is 0 Å². The molecule has 5 heteroatoms. The fourth-order valence-electron chi connectivity index (χ4n) is 1.84. The maximum Gasteiger partial charge on any atom is 0.250 e. The first kappa shape index (κ1) is 11.7. The van der Waals surface area contributed by atoms with Crippen molar-refractivity contribution in [3.63, 3.8) is 0 Å². The first-order valence-electron chi connectivity index (χ1n) is 5.60. The van der Waals surface area contributed by atoms with Crippen molar-refractivity contribution in [1.29, 1.82) is 0 Å². The highest BCUT2D eigenvalue weighted by Crippen LogP contribution is 2.27. The Morgan fingerprint density at radius 2 is 2.00 bits per heavy atom. The molecule has 0 saturated carbocycles. The van der Waals surface area contributed by atoms with E-state index in [1.807, 2.05) is 24.3 Å². The van der Waals surface area contributed by atoms with Crippen LogP contribution >= 0.6 is 11.6 Å². The molecule has 0 saturated heterocycles. The third kappa shape index (κ3) is 2.06. The van der Waals surface area contributed by atoms with Crippen LogP contribution in [0.4, 0.5) is 0 Å². The van der Waals surface area contributed by atoms with Crippen molar-refractivity contribution in [2.75, 3.05) is 0 Å². The summed E-state index contributed by atoms with van der Waals surface area (Å²) in [5, 5.41) is 0.284. The monoisotopic (exact) mass is 272 g/mol. The molecular weight excluding hydrogens is 264 g/mol. The van der Waals surface area contributed by atoms with Gasteiger partial charge in [0.25, 0.3) is 0 Å². The van der Waals surface area contributed by atoms with E-state index in [2.05, 4.69) is 4.98 Å². The van der Waals surface area contributed by atoms with E-state index >= 15 is 0 Å². The van der Waals surface area contributed by atoms with E-state index in [1.165, 1.54) is 0 Å². The number of aromatic nitrogens is 1. The summed E-state index contributed by atoms with van der Waals surface area (Å²) in [5.74, 6) is -0.103. The van der Waals surface area contributed by atoms with Gasteiger partial charge in [-0.2, -0.15) is 0 Å². The van der Waals surface area contributed by atoms with Crippen LogP contribution in [-0.4, -0.2) is 10.9 Å². The van der Waals surface area contributed by atoms with Gasteiger partial charge in [0.15, 0.2) is 5.58 Å². The average Bonchev–Trinajstić information content (AvgIpc) is 2.81. The quantitative estimate of drug-likeness (QED) is 0.778. The molecule has 0 atom stereocenters. The smallest absolute Gasteiger partial charge is 0.250 e. The van der Waals surface area contributed by atoms with Gasteiger partial charge in [-0.15, -0.1) is 0 Å². The highest BCUT2D eigenvalue weighted by atomic mass is 35.5. The lowest BCUT2D eigenvalue weighted by Crippen LogP contribution is -2.11. The molecule has 0 unspecified atom stereocenters. The summed E-state index contributed by atoms with van der Waals surface area (Å²) in [6.07, 6.45) is 0. The van der Waals surface area contributed by atoms with Gasteiger partial charge >= 0.3 is 0 Å². The number of benzene rings is 2. The topological polar surface area (TPSA) is 69.1 Å². The number of carbonyl (C=O) groups is 1. The first-order chi connectivity index (χ1) is 9.15. The van der Waals surface area contributed by atoms with E-state index in [9.17, 15) is 4.79 Å². The number of hydrogen-bond acceptors (Lipinski definition) is 3. The molecule has 0 aliphatic heterocycles. The van der Waals surface area contributed by atoms with Crippen molar-refractivity contribution in [3.05, 3.63) is 53.1 Å². The number of carbonyl (C=O) groups excluding carboxylic acids is 1. The summed E-state index contributed by atoms with van der Waals surface area (Å²) in [6, 6.07) is 12.4. The van der Waals surface area contributed by atoms with E-state index < -0.39 is 5.91 Å². The number of rotatable bonds is 2. The van der Waals surface area contributed by atoms with Gasteiger partial charge in [0.2, 0.25) is 11.8 Å². The summed E-state index contributed by atoms with van der Waals surface area (Å²) in [5.41, 5.74) is 7.65. The normalized spacial score (nSPS) is 10.8. The Labute approximate surface area is 113 Å². The van der Waals surface area contributed by atoms with Crippen LogP contribution in [0.15, 0.2) is 46.9 Å². The maximum absolute atomic E-state index is 11.1. The third-order valence-electron chi connectivity index (χ3n) is 2.78. The Kier molecular flexibility index (Phi) is 2.72. The van der Waals surface area contributed by atoms with Gasteiger partial charge < -0.3 is 10.2 Å². The van der Waals surface area contributed by atoms with Gasteiger partial charge in [-0.05, 0) is 30.3 Å². The number of nitrogens with zero attached hydrogens (tertiary/aromatic N) is 1. The molecule has 2 aromatic carbocycles. The molecule has 2 N–H and O–H groups in total. The van der Waals surface area contributed by atoms with Gasteiger partial charge in [0.05, 0.1) is 10.6 Å². The molecule has 1 heterocycles. The number of fused-ring (bicyclic) bond motifs is 1. The zero-order valence-electron chi connectivity index (χ0n) is 9.76. The molecule has 1 amide bonds. The largest absolute Gasteiger partial charge is 0.436 e. The number of amides is 1. The van der Waals surface area contributed by atoms with Crippen LogP contribution in [0.1, 0.15) is 10.4 Å². The van der Waals surface area contributed by atoms with Crippen molar-refractivity contribution in [1.82, 2.24) is 4.98 Å². The molecule has 0 aliphatic carbocycles. The number of halogens is 1. The van der Waals surface area contributed by atoms with E-state index in [4.69, 9.17) is 21.8 Å². The second kappa shape index (κ2) is 4.40. The fourth-order valence-corrected chi connectivity index (χ4v) is 2.12. The number of oxazole rings is 1. The minimum Gasteiger partial charge on any atom is -0.436 e. The molecule has 1 aromatic heterocycles. The molecule has 0 aliphatic rings. The Bertz CT molecular complexity index is 747. The van der Waals surface area contributed by atoms with Gasteiger partial charge in [-0.3, -0.25) is 4.79 Å². The van der Waals surface area contributed by atoms with Gasteiger partial charge in [0, 0.05) is 5.56 Å². The zero-order valence-corrected chi connectivity index (χ0v) is 10.5. The van der Waals surface area contributed by atoms with E-state index in [1.54, 1.807) is 18.2 Å². The minimum absolute atomic E-state index is 0.279. The SMILES string of the molecule is NC(=O)c1ccc(-c2nc3ccccc3o2)cc1Cl. The molecular formula is C14H9ClN2O2. The molecule has 4 nitrogen and oxygen atoms in total. The second-order valence-electron chi connectivity index (χ2n) is 4.05. The van der Waals surface area contributed by atoms with Crippen molar-refractivity contribution in [2.45, 2.75) is 0 Å². The Morgan fingerprint density at radius 1 is 1.21 bits per heavy atom. The van der Waals surface area contributed by atoms with E-state index in [0.29, 0.717) is 17.0 Å². The fraction of sp³-hybridized carbons (Fsp3) is 0. The maximum atomic E-state index is 11.1. The number of para-hydroxylation sites is 2. The lowest BCUT2D eigenvalue weighted by atomic mass is 10.1. The van der Waals surface area contributed by atoms with Crippen molar-refractivity contribution >= 4 is 28.6 Å². The minimum atomic E-state index is -0.561. The van der Waals surface area contributed by atoms with Crippen LogP contribution in [0.2, 0.25) is 5.02 Å². The molecule has 3 aromatic rings. The standard InChI is InChI=1S/C14H9ClN2O2/c15-10-7-8(5-6-9(10)13(16)18)14-17-11-3-1-2-4-12(11)19-14/h1-7H,(H2,16,18). The summed E-state index contributed by atoms with van der Waals surface area (Å²) in [7, 11) is 0. The summed E-state index contributed by atoms with van der Waals surface area (Å²) in [6.45, 7) is 0. The number of nitrogens with two attached hydrogens (primary N) is 1. The van der Waals surface area contributed by atoms with Gasteiger partial charge in [-0.25, -0.2) is 4.98 Å². The van der Waals surface area contributed by atoms with Gasteiger partial charge in [-0.1, -0.05) is 23.7 Å². The van der Waals surface area contributed by atoms with Crippen molar-refractivity contribution in [3.8, 4) is 11.5 Å². The summed E-state index contributed by atoms with van der Waals surface area (Å²) >= 11 is 6.00. The second-order valence-corrected chi connectivity index (χ2v) is 4.45. The molecule has 0 radical (unpaired) electrons. The number of primary amides is 1. The molecule has 94 valence electrons. The summed E-state index contributed by atoms with van der Waals surface area (Å²) < 4.78 is 5.62. The zero-order chi connectivity index (χ0) is 13.4. The lowest BCUT2D eigenvalue weighted by Gasteiger charge is -2.01. The number of hydrogen-bond donors (Lipinski definition) is 1. The molecule has 0 fully saturated rings. The van der Waals surface area contributed by atoms with Crippen molar-refractivity contribution in [2.24, 2.45) is 5.73 Å². The average molecular weight is 273 g/mol. The molecule has 3 rings (SSSR count). The predicted octanol–water partition coefficient (Wildman–Crippen LogP) is 3.25. The third-order valence-corrected chi connectivity index (χ3v) is 3.09. The van der Waals surface area contributed by atoms with Gasteiger partial charge in [0.1, 0.15) is 5.52 Å². The lowest BCUT2D eigenvalue weighted by molar-refractivity contribution is 0.100. The van der Waals surface area contributed by atoms with E-state index in [-0.39, 0.29) is 10.6 Å². The van der Waals surface area contributed by atoms with Crippen LogP contribution in [0.5, 0.6) is 0 Å². The first-order valence-corrected chi connectivity index (χ1v) is 5.98. The predicted molar refractivity (Wildman–Crippen MR) is 73.0 cm³/mol. The molecule has 0 bridgehead atoms. The van der Waals surface area contributed by atoms with Crippen LogP contribution in [0, 0.1) is 0 Å². The van der Waals surface area contributed by atoms with E-state index in [0.717, 1.165) is 5.52 Å². The molecule has 0 spiro atoms. The van der Waals surface area contributed by atoms with Crippen LogP contribution in [-0.2, 0) is 0 Å². The Hall–Kier alpha value is -2.33. The molecule has 19 heavy (non-hydrogen) atoms. The van der Waals surface area contributed by atoms with Crippen LogP contribution < -0.4 is 5.73 Å². The van der Waals surface area contributed by atoms with Crippen LogP contribution in [0.25, 0.3) is 22.6 Å².